The summed E-state index contributed by atoms with van der Waals surface area (Å²) in [5.74, 6) is -1.75. The molecule has 1 heterocycles. The van der Waals surface area contributed by atoms with Crippen molar-refractivity contribution < 1.29 is 18.3 Å². The zero-order valence-corrected chi connectivity index (χ0v) is 12.0. The Morgan fingerprint density at radius 2 is 2.19 bits per heavy atom. The fourth-order valence-corrected chi connectivity index (χ4v) is 2.72. The fourth-order valence-electron chi connectivity index (χ4n) is 1.45. The van der Waals surface area contributed by atoms with Gasteiger partial charge in [-0.15, -0.1) is 5.10 Å². The van der Waals surface area contributed by atoms with Gasteiger partial charge in [0, 0.05) is 0 Å². The van der Waals surface area contributed by atoms with Crippen LogP contribution in [0.5, 0.6) is 0 Å². The van der Waals surface area contributed by atoms with E-state index in [2.05, 4.69) is 20.2 Å². The highest BCUT2D eigenvalue weighted by Gasteiger charge is 2.15. The van der Waals surface area contributed by atoms with Crippen molar-refractivity contribution >= 4 is 33.3 Å². The van der Waals surface area contributed by atoms with Crippen LogP contribution < -0.4 is 4.72 Å². The van der Waals surface area contributed by atoms with Gasteiger partial charge in [0.2, 0.25) is 10.0 Å². The third-order valence-electron chi connectivity index (χ3n) is 2.41. The first-order valence-electron chi connectivity index (χ1n) is 5.62. The maximum absolute atomic E-state index is 11.8. The number of anilines is 1. The van der Waals surface area contributed by atoms with Crippen molar-refractivity contribution in [3.63, 3.8) is 0 Å². The van der Waals surface area contributed by atoms with Crippen molar-refractivity contribution in [2.75, 3.05) is 10.5 Å². The van der Waals surface area contributed by atoms with Gasteiger partial charge in [0.25, 0.3) is 0 Å². The van der Waals surface area contributed by atoms with Crippen molar-refractivity contribution in [2.24, 2.45) is 0 Å². The van der Waals surface area contributed by atoms with Gasteiger partial charge in [0.05, 0.1) is 28.6 Å². The van der Waals surface area contributed by atoms with Gasteiger partial charge in [0.15, 0.2) is 0 Å². The van der Waals surface area contributed by atoms with E-state index in [1.165, 1.54) is 23.1 Å². The number of nitrogens with one attached hydrogen (secondary N) is 1. The quantitative estimate of drug-likeness (QED) is 0.790. The smallest absolute Gasteiger partial charge is 0.304 e. The van der Waals surface area contributed by atoms with Crippen molar-refractivity contribution in [1.29, 1.82) is 0 Å². The van der Waals surface area contributed by atoms with Gasteiger partial charge >= 0.3 is 5.97 Å². The minimum atomic E-state index is -3.81. The van der Waals surface area contributed by atoms with Crippen molar-refractivity contribution in [3.05, 3.63) is 29.5 Å². The maximum atomic E-state index is 11.8. The van der Waals surface area contributed by atoms with E-state index < -0.39 is 28.2 Å². The second-order valence-electron chi connectivity index (χ2n) is 3.98. The van der Waals surface area contributed by atoms with Gasteiger partial charge in [-0.1, -0.05) is 11.6 Å². The number of hydrogen-bond donors (Lipinski definition) is 2. The van der Waals surface area contributed by atoms with Crippen LogP contribution in [0.3, 0.4) is 0 Å². The molecule has 0 atom stereocenters. The third-order valence-corrected chi connectivity index (χ3v) is 4.02. The molecule has 0 bridgehead atoms. The maximum Gasteiger partial charge on any atom is 0.304 e. The standard InChI is InChI=1S/C10H10ClN5O4S/c11-8-2-1-7(16-6-12-14-15-16)5-9(8)13-21(19,20)4-3-10(17)18/h1-2,5-6,13H,3-4H2,(H,17,18). The number of carboxylic acid groups (broad SMARTS) is 1. The highest BCUT2D eigenvalue weighted by Crippen LogP contribution is 2.25. The molecule has 0 radical (unpaired) electrons. The minimum Gasteiger partial charge on any atom is -0.481 e. The number of nitrogens with zero attached hydrogens (tertiary/aromatic N) is 4. The number of halogens is 1. The molecule has 2 aromatic rings. The molecule has 0 aliphatic carbocycles. The van der Waals surface area contributed by atoms with Crippen LogP contribution in [0.1, 0.15) is 6.42 Å². The van der Waals surface area contributed by atoms with E-state index in [1.54, 1.807) is 6.07 Å². The molecule has 0 aliphatic rings. The summed E-state index contributed by atoms with van der Waals surface area (Å²) < 4.78 is 27.1. The van der Waals surface area contributed by atoms with Crippen molar-refractivity contribution in [3.8, 4) is 5.69 Å². The number of tetrazole rings is 1. The Morgan fingerprint density at radius 1 is 1.43 bits per heavy atom. The summed E-state index contributed by atoms with van der Waals surface area (Å²) in [4.78, 5) is 10.4. The number of carboxylic acids is 1. The summed E-state index contributed by atoms with van der Waals surface area (Å²) in [7, 11) is -3.81. The second-order valence-corrected chi connectivity index (χ2v) is 6.23. The molecular formula is C10H10ClN5O4S. The summed E-state index contributed by atoms with van der Waals surface area (Å²) in [6.07, 6.45) is 0.839. The van der Waals surface area contributed by atoms with E-state index in [0.717, 1.165) is 0 Å². The molecule has 0 amide bonds. The van der Waals surface area contributed by atoms with E-state index in [0.29, 0.717) is 5.69 Å². The normalized spacial score (nSPS) is 11.3. The summed E-state index contributed by atoms with van der Waals surface area (Å²) in [5, 5.41) is 19.3. The number of aromatic nitrogens is 4. The Bertz CT molecular complexity index is 747. The Balaban J connectivity index is 2.23. The Morgan fingerprint density at radius 3 is 2.81 bits per heavy atom. The molecule has 0 fully saturated rings. The lowest BCUT2D eigenvalue weighted by atomic mass is 10.3. The molecule has 0 saturated carbocycles. The molecule has 1 aromatic heterocycles. The molecule has 9 nitrogen and oxygen atoms in total. The summed E-state index contributed by atoms with van der Waals surface area (Å²) in [6, 6.07) is 4.53. The first-order chi connectivity index (χ1) is 9.87. The SMILES string of the molecule is O=C(O)CCS(=O)(=O)Nc1cc(-n2cnnn2)ccc1Cl. The lowest BCUT2D eigenvalue weighted by Gasteiger charge is -2.10. The van der Waals surface area contributed by atoms with Crippen LogP contribution in [-0.4, -0.2) is 45.5 Å². The largest absolute Gasteiger partial charge is 0.481 e. The van der Waals surface area contributed by atoms with Crippen LogP contribution in [0, 0.1) is 0 Å². The zero-order chi connectivity index (χ0) is 15.5. The van der Waals surface area contributed by atoms with Crippen molar-refractivity contribution in [2.45, 2.75) is 6.42 Å². The first-order valence-corrected chi connectivity index (χ1v) is 7.65. The zero-order valence-electron chi connectivity index (χ0n) is 10.5. The molecule has 112 valence electrons. The Labute approximate surface area is 124 Å². The first kappa shape index (κ1) is 15.2. The summed E-state index contributed by atoms with van der Waals surface area (Å²) >= 11 is 5.92. The average molecular weight is 332 g/mol. The Kier molecular flexibility index (Phi) is 4.38. The lowest BCUT2D eigenvalue weighted by molar-refractivity contribution is -0.136. The molecule has 0 spiro atoms. The number of rotatable bonds is 6. The average Bonchev–Trinajstić information content (AvgIpc) is 2.93. The van der Waals surface area contributed by atoms with Crippen LogP contribution in [0.15, 0.2) is 24.5 Å². The van der Waals surface area contributed by atoms with E-state index in [4.69, 9.17) is 16.7 Å². The van der Waals surface area contributed by atoms with E-state index in [1.807, 2.05) is 0 Å². The lowest BCUT2D eigenvalue weighted by Crippen LogP contribution is -2.19. The molecule has 0 saturated heterocycles. The van der Waals surface area contributed by atoms with Gasteiger partial charge < -0.3 is 5.11 Å². The van der Waals surface area contributed by atoms with Gasteiger partial charge in [-0.3, -0.25) is 9.52 Å². The molecule has 21 heavy (non-hydrogen) atoms. The van der Waals surface area contributed by atoms with E-state index >= 15 is 0 Å². The number of aliphatic carboxylic acids is 1. The monoisotopic (exact) mass is 331 g/mol. The van der Waals surface area contributed by atoms with Crippen LogP contribution in [-0.2, 0) is 14.8 Å². The molecule has 0 unspecified atom stereocenters. The van der Waals surface area contributed by atoms with Gasteiger partial charge in [-0.05, 0) is 28.6 Å². The summed E-state index contributed by atoms with van der Waals surface area (Å²) in [5.41, 5.74) is 0.621. The molecule has 1 aromatic carbocycles. The van der Waals surface area contributed by atoms with Crippen LogP contribution in [0.2, 0.25) is 5.02 Å². The highest BCUT2D eigenvalue weighted by molar-refractivity contribution is 7.92. The second kappa shape index (κ2) is 6.06. The number of benzene rings is 1. The molecular weight excluding hydrogens is 322 g/mol. The van der Waals surface area contributed by atoms with E-state index in [-0.39, 0.29) is 10.7 Å². The number of sulfonamides is 1. The third kappa shape index (κ3) is 4.13. The molecule has 2 rings (SSSR count). The summed E-state index contributed by atoms with van der Waals surface area (Å²) in [6.45, 7) is 0. The fraction of sp³-hybridized carbons (Fsp3) is 0.200. The van der Waals surface area contributed by atoms with Gasteiger partial charge in [-0.2, -0.15) is 0 Å². The van der Waals surface area contributed by atoms with Crippen molar-refractivity contribution in [1.82, 2.24) is 20.2 Å². The molecule has 2 N–H and O–H groups in total. The molecule has 0 aliphatic heterocycles. The van der Waals surface area contributed by atoms with Crippen LogP contribution >= 0.6 is 11.6 Å². The van der Waals surface area contributed by atoms with E-state index in [9.17, 15) is 13.2 Å². The highest BCUT2D eigenvalue weighted by atomic mass is 35.5. The predicted molar refractivity (Wildman–Crippen MR) is 73.8 cm³/mol. The predicted octanol–water partition coefficient (Wildman–Crippen LogP) is 0.532. The minimum absolute atomic E-state index is 0.120. The molecule has 11 heteroatoms. The van der Waals surface area contributed by atoms with Gasteiger partial charge in [-0.25, -0.2) is 13.1 Å². The number of hydrogen-bond acceptors (Lipinski definition) is 6. The topological polar surface area (TPSA) is 127 Å². The van der Waals surface area contributed by atoms with Crippen LogP contribution in [0.4, 0.5) is 5.69 Å². The van der Waals surface area contributed by atoms with Crippen LogP contribution in [0.25, 0.3) is 5.69 Å². The number of carbonyl (C=O) groups is 1. The Hall–Kier alpha value is -2.20. The van der Waals surface area contributed by atoms with Gasteiger partial charge in [0.1, 0.15) is 6.33 Å².